The van der Waals surface area contributed by atoms with Crippen molar-refractivity contribution >= 4 is 27.2 Å². The largest absolute Gasteiger partial charge is 0.495 e. The van der Waals surface area contributed by atoms with Crippen molar-refractivity contribution in [2.75, 3.05) is 31.7 Å². The van der Waals surface area contributed by atoms with Crippen molar-refractivity contribution in [1.82, 2.24) is 9.97 Å². The van der Waals surface area contributed by atoms with E-state index in [2.05, 4.69) is 20.9 Å². The number of aliphatic hydroxyl groups is 1. The van der Waals surface area contributed by atoms with Crippen LogP contribution in [0.4, 0.5) is 5.00 Å². The Morgan fingerprint density at radius 3 is 3.07 bits per heavy atom. The number of thiophene rings is 1. The average Bonchev–Trinajstić information content (AvgIpc) is 3.32. The number of fused-ring (bicyclic) bond motifs is 1. The highest BCUT2D eigenvalue weighted by Crippen LogP contribution is 2.43. The van der Waals surface area contributed by atoms with Crippen molar-refractivity contribution in [2.45, 2.75) is 6.42 Å². The van der Waals surface area contributed by atoms with Crippen molar-refractivity contribution in [2.24, 2.45) is 5.92 Å². The molecule has 1 saturated heterocycles. The maximum Gasteiger partial charge on any atom is 0.261 e. The highest BCUT2D eigenvalue weighted by molar-refractivity contribution is 7.21. The van der Waals surface area contributed by atoms with Crippen LogP contribution in [-0.4, -0.2) is 41.9 Å². The van der Waals surface area contributed by atoms with Gasteiger partial charge in [-0.05, 0) is 30.2 Å². The Morgan fingerprint density at radius 2 is 2.37 bits per heavy atom. The van der Waals surface area contributed by atoms with Gasteiger partial charge in [0.15, 0.2) is 0 Å². The first-order valence-corrected chi connectivity index (χ1v) is 9.42. The second-order valence-electron chi connectivity index (χ2n) is 6.50. The number of H-pyrrole nitrogens is 1. The molecule has 0 amide bonds. The van der Waals surface area contributed by atoms with Gasteiger partial charge in [-0.2, -0.15) is 5.26 Å². The summed E-state index contributed by atoms with van der Waals surface area (Å²) in [5.41, 5.74) is 1.70. The average molecular weight is 382 g/mol. The van der Waals surface area contributed by atoms with E-state index in [0.717, 1.165) is 28.4 Å². The number of benzene rings is 1. The third-order valence-electron chi connectivity index (χ3n) is 4.89. The summed E-state index contributed by atoms with van der Waals surface area (Å²) in [7, 11) is 1.53. The predicted octanol–water partition coefficient (Wildman–Crippen LogP) is 2.35. The number of hydrogen-bond donors (Lipinski definition) is 2. The van der Waals surface area contributed by atoms with Crippen LogP contribution >= 0.6 is 11.3 Å². The van der Waals surface area contributed by atoms with E-state index in [-0.39, 0.29) is 18.1 Å². The molecule has 4 rings (SSSR count). The van der Waals surface area contributed by atoms with E-state index in [4.69, 9.17) is 4.74 Å². The van der Waals surface area contributed by atoms with Crippen LogP contribution in [0.15, 0.2) is 29.3 Å². The molecule has 1 aliphatic heterocycles. The van der Waals surface area contributed by atoms with Gasteiger partial charge in [0.25, 0.3) is 5.56 Å². The van der Waals surface area contributed by atoms with Crippen LogP contribution in [0.5, 0.6) is 5.75 Å². The Balaban J connectivity index is 1.89. The second-order valence-corrected chi connectivity index (χ2v) is 7.50. The maximum atomic E-state index is 12.5. The molecule has 1 atom stereocenters. The summed E-state index contributed by atoms with van der Waals surface area (Å²) in [5.74, 6) is 0.728. The molecule has 7 nitrogen and oxygen atoms in total. The fraction of sp³-hybridized carbons (Fsp3) is 0.316. The van der Waals surface area contributed by atoms with Crippen molar-refractivity contribution in [3.8, 4) is 22.3 Å². The number of aromatic nitrogens is 2. The number of aliphatic hydroxyl groups excluding tert-OH is 1. The van der Waals surface area contributed by atoms with Crippen molar-refractivity contribution in [3.63, 3.8) is 0 Å². The standard InChI is InChI=1S/C19H18N4O3S/c1-26-14-3-2-12(6-13(14)7-20)17-16-15(18(25)22-10-21-16)19(27-17)23-5-4-11(8-23)9-24/h2-3,6,10-11,24H,4-5,8-9H2,1H3,(H,21,22,25). The highest BCUT2D eigenvalue weighted by atomic mass is 32.1. The lowest BCUT2D eigenvalue weighted by Crippen LogP contribution is -2.21. The lowest BCUT2D eigenvalue weighted by molar-refractivity contribution is 0.239. The third kappa shape index (κ3) is 2.95. The summed E-state index contributed by atoms with van der Waals surface area (Å²) < 4.78 is 5.22. The molecule has 0 radical (unpaired) electrons. The zero-order valence-electron chi connectivity index (χ0n) is 14.7. The van der Waals surface area contributed by atoms with Crippen LogP contribution in [0.25, 0.3) is 21.3 Å². The zero-order valence-corrected chi connectivity index (χ0v) is 15.5. The third-order valence-corrected chi connectivity index (χ3v) is 6.18. The van der Waals surface area contributed by atoms with Gasteiger partial charge in [-0.15, -0.1) is 11.3 Å². The molecular weight excluding hydrogens is 364 g/mol. The molecule has 0 bridgehead atoms. The lowest BCUT2D eigenvalue weighted by atomic mass is 10.1. The zero-order chi connectivity index (χ0) is 19.0. The van der Waals surface area contributed by atoms with Gasteiger partial charge in [0.2, 0.25) is 0 Å². The fourth-order valence-corrected chi connectivity index (χ4v) is 4.76. The molecule has 138 valence electrons. The minimum absolute atomic E-state index is 0.144. The Hall–Kier alpha value is -2.89. The molecule has 1 unspecified atom stereocenters. The second kappa shape index (κ2) is 7.02. The number of ether oxygens (including phenoxy) is 1. The van der Waals surface area contributed by atoms with Crippen molar-refractivity contribution in [3.05, 3.63) is 40.4 Å². The number of aromatic amines is 1. The van der Waals surface area contributed by atoms with Crippen LogP contribution < -0.4 is 15.2 Å². The van der Waals surface area contributed by atoms with Crippen molar-refractivity contribution in [1.29, 1.82) is 5.26 Å². The molecular formula is C19H18N4O3S. The molecule has 3 aromatic rings. The molecule has 2 N–H and O–H groups in total. The summed E-state index contributed by atoms with van der Waals surface area (Å²) in [6, 6.07) is 7.53. The molecule has 1 aromatic carbocycles. The summed E-state index contributed by atoms with van der Waals surface area (Å²) in [4.78, 5) is 22.6. The summed E-state index contributed by atoms with van der Waals surface area (Å²) >= 11 is 1.49. The minimum Gasteiger partial charge on any atom is -0.495 e. The van der Waals surface area contributed by atoms with Gasteiger partial charge in [-0.1, -0.05) is 0 Å². The number of hydrogen-bond acceptors (Lipinski definition) is 7. The van der Waals surface area contributed by atoms with E-state index in [0.29, 0.717) is 28.8 Å². The number of anilines is 1. The topological polar surface area (TPSA) is 102 Å². The Kier molecular flexibility index (Phi) is 4.56. The first-order chi connectivity index (χ1) is 13.2. The fourth-order valence-electron chi connectivity index (χ4n) is 3.49. The van der Waals surface area contributed by atoms with Gasteiger partial charge in [-0.25, -0.2) is 4.98 Å². The van der Waals surface area contributed by atoms with Gasteiger partial charge >= 0.3 is 0 Å². The van der Waals surface area contributed by atoms with E-state index in [9.17, 15) is 15.2 Å². The van der Waals surface area contributed by atoms with Crippen LogP contribution in [-0.2, 0) is 0 Å². The van der Waals surface area contributed by atoms with E-state index in [1.807, 2.05) is 6.07 Å². The molecule has 1 aliphatic rings. The number of methoxy groups -OCH3 is 1. The van der Waals surface area contributed by atoms with Crippen LogP contribution in [0, 0.1) is 17.2 Å². The first-order valence-electron chi connectivity index (χ1n) is 8.60. The van der Waals surface area contributed by atoms with Gasteiger partial charge in [0.05, 0.1) is 29.4 Å². The minimum atomic E-state index is -0.182. The Morgan fingerprint density at radius 1 is 1.52 bits per heavy atom. The Bertz CT molecular complexity index is 1100. The van der Waals surface area contributed by atoms with Crippen molar-refractivity contribution < 1.29 is 9.84 Å². The van der Waals surface area contributed by atoms with E-state index < -0.39 is 0 Å². The summed E-state index contributed by atoms with van der Waals surface area (Å²) in [6.45, 7) is 1.65. The SMILES string of the molecule is COc1ccc(-c2sc(N3CCC(CO)C3)c3c(=O)[nH]cnc23)cc1C#N. The van der Waals surface area contributed by atoms with Crippen LogP contribution in [0.3, 0.4) is 0 Å². The molecule has 0 spiro atoms. The maximum absolute atomic E-state index is 12.5. The summed E-state index contributed by atoms with van der Waals surface area (Å²) in [6.07, 6.45) is 2.30. The van der Waals surface area contributed by atoms with Gasteiger partial charge in [-0.3, -0.25) is 4.79 Å². The van der Waals surface area contributed by atoms with E-state index >= 15 is 0 Å². The van der Waals surface area contributed by atoms with Crippen LogP contribution in [0.1, 0.15) is 12.0 Å². The molecule has 0 aliphatic carbocycles. The smallest absolute Gasteiger partial charge is 0.261 e. The lowest BCUT2D eigenvalue weighted by Gasteiger charge is -2.16. The number of nitrogens with one attached hydrogen (secondary N) is 1. The Labute approximate surface area is 159 Å². The van der Waals surface area contributed by atoms with E-state index in [1.165, 1.54) is 24.8 Å². The van der Waals surface area contributed by atoms with Crippen LogP contribution in [0.2, 0.25) is 0 Å². The molecule has 2 aromatic heterocycles. The number of nitrogens with zero attached hydrogens (tertiary/aromatic N) is 3. The number of nitriles is 1. The summed E-state index contributed by atoms with van der Waals surface area (Å²) in [5, 5.41) is 20.2. The van der Waals surface area contributed by atoms with Gasteiger partial charge < -0.3 is 19.7 Å². The molecule has 8 heteroatoms. The predicted molar refractivity (Wildman–Crippen MR) is 104 cm³/mol. The monoisotopic (exact) mass is 382 g/mol. The van der Waals surface area contributed by atoms with Gasteiger partial charge in [0.1, 0.15) is 22.2 Å². The first kappa shape index (κ1) is 17.5. The molecule has 3 heterocycles. The van der Waals surface area contributed by atoms with Gasteiger partial charge in [0, 0.05) is 25.6 Å². The molecule has 1 fully saturated rings. The molecule has 0 saturated carbocycles. The quantitative estimate of drug-likeness (QED) is 0.718. The molecule has 27 heavy (non-hydrogen) atoms. The van der Waals surface area contributed by atoms with E-state index in [1.54, 1.807) is 12.1 Å². The number of rotatable bonds is 4. The normalized spacial score (nSPS) is 16.6. The highest BCUT2D eigenvalue weighted by Gasteiger charge is 2.27.